The zero-order valence-corrected chi connectivity index (χ0v) is 19.0. The third-order valence-corrected chi connectivity index (χ3v) is 5.55. The molecule has 0 saturated heterocycles. The van der Waals surface area contributed by atoms with E-state index in [2.05, 4.69) is 48.5 Å². The Morgan fingerprint density at radius 1 is 1.17 bits per heavy atom. The van der Waals surface area contributed by atoms with Crippen LogP contribution in [-0.2, 0) is 5.75 Å². The van der Waals surface area contributed by atoms with E-state index in [0.29, 0.717) is 28.8 Å². The molecule has 0 bridgehead atoms. The minimum absolute atomic E-state index is 0.209. The number of aromatic nitrogens is 5. The van der Waals surface area contributed by atoms with Crippen LogP contribution in [0.4, 0.5) is 0 Å². The van der Waals surface area contributed by atoms with E-state index < -0.39 is 0 Å². The lowest BCUT2D eigenvalue weighted by molar-refractivity contribution is 0.0947. The van der Waals surface area contributed by atoms with Crippen LogP contribution >= 0.6 is 27.7 Å². The zero-order chi connectivity index (χ0) is 20.8. The Morgan fingerprint density at radius 3 is 2.52 bits per heavy atom. The third kappa shape index (κ3) is 5.63. The van der Waals surface area contributed by atoms with Crippen molar-refractivity contribution in [2.75, 3.05) is 6.54 Å². The third-order valence-electron chi connectivity index (χ3n) is 4.17. The summed E-state index contributed by atoms with van der Waals surface area (Å²) in [5.41, 5.74) is 3.72. The van der Waals surface area contributed by atoms with Crippen molar-refractivity contribution in [3.63, 3.8) is 0 Å². The van der Waals surface area contributed by atoms with Gasteiger partial charge in [-0.25, -0.2) is 14.6 Å². The second-order valence-electron chi connectivity index (χ2n) is 6.60. The topological polar surface area (TPSA) is 85.6 Å². The molecule has 0 fully saturated rings. The first kappa shape index (κ1) is 21.4. The van der Waals surface area contributed by atoms with Gasteiger partial charge >= 0.3 is 0 Å². The number of unbranched alkanes of at least 4 members (excludes halogenated alkanes) is 1. The number of amides is 1. The molecule has 0 radical (unpaired) electrons. The summed E-state index contributed by atoms with van der Waals surface area (Å²) in [5.74, 6) is 0.265. The van der Waals surface area contributed by atoms with E-state index in [-0.39, 0.29) is 5.91 Å². The lowest BCUT2D eigenvalue weighted by Gasteiger charge is -2.09. The summed E-state index contributed by atoms with van der Waals surface area (Å²) < 4.78 is 2.68. The second-order valence-corrected chi connectivity index (χ2v) is 8.46. The van der Waals surface area contributed by atoms with Crippen molar-refractivity contribution in [3.05, 3.63) is 57.6 Å². The van der Waals surface area contributed by atoms with Gasteiger partial charge < -0.3 is 5.32 Å². The number of carbonyl (C=O) groups is 1. The van der Waals surface area contributed by atoms with Crippen molar-refractivity contribution in [2.24, 2.45) is 0 Å². The van der Waals surface area contributed by atoms with Crippen LogP contribution in [0.1, 0.15) is 47.3 Å². The van der Waals surface area contributed by atoms with Gasteiger partial charge in [0.25, 0.3) is 5.91 Å². The summed E-state index contributed by atoms with van der Waals surface area (Å²) in [5, 5.41) is 12.0. The Morgan fingerprint density at radius 2 is 1.86 bits per heavy atom. The van der Waals surface area contributed by atoms with Crippen molar-refractivity contribution in [2.45, 2.75) is 44.5 Å². The molecule has 3 aromatic rings. The molecule has 3 rings (SSSR count). The average molecular weight is 475 g/mol. The van der Waals surface area contributed by atoms with Gasteiger partial charge in [0.1, 0.15) is 0 Å². The number of thioether (sulfide) groups is 1. The Labute approximate surface area is 182 Å². The van der Waals surface area contributed by atoms with E-state index in [1.54, 1.807) is 4.68 Å². The van der Waals surface area contributed by atoms with E-state index in [1.165, 1.54) is 11.8 Å². The summed E-state index contributed by atoms with van der Waals surface area (Å²) in [4.78, 5) is 21.6. The van der Waals surface area contributed by atoms with Gasteiger partial charge in [-0.15, -0.1) is 5.10 Å². The molecule has 0 atom stereocenters. The predicted molar refractivity (Wildman–Crippen MR) is 117 cm³/mol. The smallest absolute Gasteiger partial charge is 0.273 e. The van der Waals surface area contributed by atoms with Gasteiger partial charge in [0.15, 0.2) is 10.9 Å². The fourth-order valence-corrected chi connectivity index (χ4v) is 3.96. The summed E-state index contributed by atoms with van der Waals surface area (Å²) >= 11 is 4.91. The molecule has 2 heterocycles. The van der Waals surface area contributed by atoms with E-state index >= 15 is 0 Å². The standard InChI is InChI=1S/C20H23BrN6OS/c1-4-5-10-22-19(28)18-17(12-29-20-23-13(2)11-14(3)24-20)27(26-25-18)16-8-6-15(21)7-9-16/h6-9,11H,4-5,10,12H2,1-3H3,(H,22,28). The monoisotopic (exact) mass is 474 g/mol. The summed E-state index contributed by atoms with van der Waals surface area (Å²) in [7, 11) is 0. The van der Waals surface area contributed by atoms with Crippen molar-refractivity contribution >= 4 is 33.6 Å². The van der Waals surface area contributed by atoms with Crippen LogP contribution in [0.2, 0.25) is 0 Å². The second kappa shape index (κ2) is 9.98. The first-order chi connectivity index (χ1) is 14.0. The molecule has 29 heavy (non-hydrogen) atoms. The summed E-state index contributed by atoms with van der Waals surface area (Å²) in [6, 6.07) is 9.66. The molecule has 9 heteroatoms. The average Bonchev–Trinajstić information content (AvgIpc) is 3.10. The molecule has 0 aliphatic carbocycles. The number of benzene rings is 1. The van der Waals surface area contributed by atoms with Gasteiger partial charge in [-0.2, -0.15) is 0 Å². The fraction of sp³-hybridized carbons (Fsp3) is 0.350. The van der Waals surface area contributed by atoms with Gasteiger partial charge in [0, 0.05) is 28.2 Å². The first-order valence-corrected chi connectivity index (χ1v) is 11.2. The minimum atomic E-state index is -0.209. The molecular formula is C20H23BrN6OS. The van der Waals surface area contributed by atoms with Crippen LogP contribution in [0, 0.1) is 13.8 Å². The maximum atomic E-state index is 12.7. The molecule has 0 aliphatic heterocycles. The number of nitrogens with one attached hydrogen (secondary N) is 1. The Bertz CT molecular complexity index is 969. The normalized spacial score (nSPS) is 10.9. The van der Waals surface area contributed by atoms with Crippen LogP contribution in [0.5, 0.6) is 0 Å². The predicted octanol–water partition coefficient (Wildman–Crippen LogP) is 4.26. The van der Waals surface area contributed by atoms with Gasteiger partial charge in [0.2, 0.25) is 0 Å². The Hall–Kier alpha value is -2.26. The lowest BCUT2D eigenvalue weighted by atomic mass is 10.2. The molecule has 2 aromatic heterocycles. The molecule has 0 unspecified atom stereocenters. The number of nitrogens with zero attached hydrogens (tertiary/aromatic N) is 5. The van der Waals surface area contributed by atoms with E-state index in [4.69, 9.17) is 0 Å². The molecule has 7 nitrogen and oxygen atoms in total. The summed E-state index contributed by atoms with van der Waals surface area (Å²) in [6.45, 7) is 6.59. The number of aryl methyl sites for hydroxylation is 2. The van der Waals surface area contributed by atoms with E-state index in [1.807, 2.05) is 44.2 Å². The molecule has 0 spiro atoms. The molecule has 1 N–H and O–H groups in total. The van der Waals surface area contributed by atoms with Crippen LogP contribution in [0.3, 0.4) is 0 Å². The van der Waals surface area contributed by atoms with Crippen molar-refractivity contribution in [3.8, 4) is 5.69 Å². The maximum absolute atomic E-state index is 12.7. The van der Waals surface area contributed by atoms with Crippen LogP contribution < -0.4 is 5.32 Å². The lowest BCUT2D eigenvalue weighted by Crippen LogP contribution is -2.26. The number of carbonyl (C=O) groups excluding carboxylic acids is 1. The zero-order valence-electron chi connectivity index (χ0n) is 16.6. The first-order valence-electron chi connectivity index (χ1n) is 9.41. The largest absolute Gasteiger partial charge is 0.351 e. The van der Waals surface area contributed by atoms with Crippen molar-refractivity contribution in [1.82, 2.24) is 30.3 Å². The van der Waals surface area contributed by atoms with Gasteiger partial charge in [-0.05, 0) is 50.6 Å². The molecule has 152 valence electrons. The van der Waals surface area contributed by atoms with E-state index in [9.17, 15) is 4.79 Å². The Kier molecular flexibility index (Phi) is 7.38. The van der Waals surface area contributed by atoms with Crippen molar-refractivity contribution in [1.29, 1.82) is 0 Å². The molecule has 1 amide bonds. The molecule has 0 aliphatic rings. The molecular weight excluding hydrogens is 452 g/mol. The highest BCUT2D eigenvalue weighted by Crippen LogP contribution is 2.24. The number of halogens is 1. The van der Waals surface area contributed by atoms with Crippen LogP contribution in [0.15, 0.2) is 40.0 Å². The highest BCUT2D eigenvalue weighted by Gasteiger charge is 2.21. The van der Waals surface area contributed by atoms with Gasteiger partial charge in [0.05, 0.1) is 11.4 Å². The highest BCUT2D eigenvalue weighted by atomic mass is 79.9. The minimum Gasteiger partial charge on any atom is -0.351 e. The fourth-order valence-electron chi connectivity index (χ4n) is 2.75. The quantitative estimate of drug-likeness (QED) is 0.298. The number of rotatable bonds is 8. The summed E-state index contributed by atoms with van der Waals surface area (Å²) in [6.07, 6.45) is 1.94. The SMILES string of the molecule is CCCCNC(=O)c1nnn(-c2ccc(Br)cc2)c1CSc1nc(C)cc(C)n1. The van der Waals surface area contributed by atoms with Crippen LogP contribution in [-0.4, -0.2) is 37.4 Å². The number of hydrogen-bond acceptors (Lipinski definition) is 6. The molecule has 0 saturated carbocycles. The Balaban J connectivity index is 1.90. The van der Waals surface area contributed by atoms with E-state index in [0.717, 1.165) is 34.4 Å². The van der Waals surface area contributed by atoms with Gasteiger partial charge in [-0.3, -0.25) is 4.79 Å². The number of hydrogen-bond donors (Lipinski definition) is 1. The molecule has 1 aromatic carbocycles. The van der Waals surface area contributed by atoms with Crippen molar-refractivity contribution < 1.29 is 4.79 Å². The van der Waals surface area contributed by atoms with Gasteiger partial charge in [-0.1, -0.05) is 46.2 Å². The highest BCUT2D eigenvalue weighted by molar-refractivity contribution is 9.10. The van der Waals surface area contributed by atoms with Crippen LogP contribution in [0.25, 0.3) is 5.69 Å². The maximum Gasteiger partial charge on any atom is 0.273 e.